The number of nitrogens with zero attached hydrogens (tertiary/aromatic N) is 4. The Morgan fingerprint density at radius 3 is 2.35 bits per heavy atom. The molecular formula is C23H33N5O3. The molecule has 0 spiro atoms. The highest BCUT2D eigenvalue weighted by molar-refractivity contribution is 6.11. The molecule has 168 valence electrons. The Labute approximate surface area is 184 Å². The molecule has 2 fully saturated rings. The Morgan fingerprint density at radius 1 is 0.968 bits per heavy atom. The second-order valence-corrected chi connectivity index (χ2v) is 8.77. The zero-order valence-electron chi connectivity index (χ0n) is 18.4. The number of likely N-dealkylation sites (tertiary alicyclic amines) is 1. The van der Waals surface area contributed by atoms with Crippen LogP contribution in [0.5, 0.6) is 0 Å². The molecule has 0 aromatic heterocycles. The number of amides is 3. The molecule has 31 heavy (non-hydrogen) atoms. The van der Waals surface area contributed by atoms with E-state index in [4.69, 9.17) is 0 Å². The van der Waals surface area contributed by atoms with Gasteiger partial charge in [-0.1, -0.05) is 25.0 Å². The molecule has 1 N–H and O–H groups in total. The largest absolute Gasteiger partial charge is 0.342 e. The zero-order valence-corrected chi connectivity index (χ0v) is 18.4. The standard InChI is InChI=1S/C23H33N5O3/c1-18(23(31)28-16-21(29)24-19-8-4-5-9-20(19)28)26-14-12-25(13-15-26)17-22(30)27-10-6-2-3-7-11-27/h4-5,8-9,18H,2-3,6-7,10-17H2,1H3,(H,24,29)/t18-/m1/s1. The summed E-state index contributed by atoms with van der Waals surface area (Å²) in [5.74, 6) is 0.00268. The highest BCUT2D eigenvalue weighted by atomic mass is 16.2. The van der Waals surface area contributed by atoms with Gasteiger partial charge in [-0.05, 0) is 31.9 Å². The van der Waals surface area contributed by atoms with Crippen LogP contribution in [0.25, 0.3) is 0 Å². The number of benzene rings is 1. The Hall–Kier alpha value is -2.45. The van der Waals surface area contributed by atoms with E-state index in [0.29, 0.717) is 12.2 Å². The number of nitrogens with one attached hydrogen (secondary N) is 1. The lowest BCUT2D eigenvalue weighted by Crippen LogP contribution is -2.57. The Kier molecular flexibility index (Phi) is 6.87. The third-order valence-electron chi connectivity index (χ3n) is 6.67. The van der Waals surface area contributed by atoms with Crippen LogP contribution < -0.4 is 10.2 Å². The van der Waals surface area contributed by atoms with E-state index in [2.05, 4.69) is 15.1 Å². The summed E-state index contributed by atoms with van der Waals surface area (Å²) in [6, 6.07) is 7.09. The van der Waals surface area contributed by atoms with Gasteiger partial charge in [-0.3, -0.25) is 29.1 Å². The lowest BCUT2D eigenvalue weighted by Gasteiger charge is -2.40. The van der Waals surface area contributed by atoms with Gasteiger partial charge in [0.05, 0.1) is 24.0 Å². The van der Waals surface area contributed by atoms with Gasteiger partial charge in [0.2, 0.25) is 17.7 Å². The minimum atomic E-state index is -0.317. The lowest BCUT2D eigenvalue weighted by atomic mass is 10.1. The fraction of sp³-hybridized carbons (Fsp3) is 0.609. The van der Waals surface area contributed by atoms with Crippen molar-refractivity contribution in [3.63, 3.8) is 0 Å². The monoisotopic (exact) mass is 427 g/mol. The summed E-state index contributed by atoms with van der Waals surface area (Å²) in [7, 11) is 0. The minimum absolute atomic E-state index is 0.0461. The number of carbonyl (C=O) groups excluding carboxylic acids is 3. The first-order chi connectivity index (χ1) is 15.0. The molecule has 0 radical (unpaired) electrons. The molecule has 3 aliphatic heterocycles. The summed E-state index contributed by atoms with van der Waals surface area (Å²) in [5.41, 5.74) is 1.43. The van der Waals surface area contributed by atoms with Crippen molar-refractivity contribution in [2.75, 3.05) is 62.6 Å². The van der Waals surface area contributed by atoms with E-state index in [9.17, 15) is 14.4 Å². The minimum Gasteiger partial charge on any atom is -0.342 e. The van der Waals surface area contributed by atoms with E-state index < -0.39 is 0 Å². The van der Waals surface area contributed by atoms with Crippen LogP contribution in [-0.2, 0) is 14.4 Å². The molecule has 3 aliphatic rings. The van der Waals surface area contributed by atoms with Crippen molar-refractivity contribution in [3.8, 4) is 0 Å². The molecule has 1 atom stereocenters. The van der Waals surface area contributed by atoms with Crippen LogP contribution in [-0.4, -0.2) is 90.8 Å². The average molecular weight is 428 g/mol. The molecule has 2 saturated heterocycles. The van der Waals surface area contributed by atoms with Crippen molar-refractivity contribution in [3.05, 3.63) is 24.3 Å². The van der Waals surface area contributed by atoms with Crippen LogP contribution in [0.1, 0.15) is 32.6 Å². The van der Waals surface area contributed by atoms with Crippen LogP contribution in [0.15, 0.2) is 24.3 Å². The highest BCUT2D eigenvalue weighted by Gasteiger charge is 2.33. The summed E-state index contributed by atoms with van der Waals surface area (Å²) in [5, 5.41) is 2.83. The topological polar surface area (TPSA) is 76.2 Å². The van der Waals surface area contributed by atoms with Gasteiger partial charge in [0, 0.05) is 39.3 Å². The van der Waals surface area contributed by atoms with E-state index in [1.54, 1.807) is 4.90 Å². The number of carbonyl (C=O) groups is 3. The third-order valence-corrected chi connectivity index (χ3v) is 6.67. The summed E-state index contributed by atoms with van der Waals surface area (Å²) in [6.07, 6.45) is 4.66. The van der Waals surface area contributed by atoms with Gasteiger partial charge in [-0.15, -0.1) is 0 Å². The Morgan fingerprint density at radius 2 is 1.65 bits per heavy atom. The van der Waals surface area contributed by atoms with Gasteiger partial charge in [-0.2, -0.15) is 0 Å². The van der Waals surface area contributed by atoms with Crippen LogP contribution in [0.4, 0.5) is 11.4 Å². The third kappa shape index (κ3) is 5.07. The number of hydrogen-bond donors (Lipinski definition) is 1. The first-order valence-corrected chi connectivity index (χ1v) is 11.5. The number of fused-ring (bicyclic) bond motifs is 1. The average Bonchev–Trinajstić information content (AvgIpc) is 3.08. The van der Waals surface area contributed by atoms with E-state index in [-0.39, 0.29) is 30.3 Å². The maximum Gasteiger partial charge on any atom is 0.244 e. The number of para-hydroxylation sites is 2. The molecule has 3 heterocycles. The van der Waals surface area contributed by atoms with Gasteiger partial charge >= 0.3 is 0 Å². The van der Waals surface area contributed by atoms with Crippen LogP contribution >= 0.6 is 0 Å². The van der Waals surface area contributed by atoms with Crippen molar-refractivity contribution in [1.82, 2.24) is 14.7 Å². The summed E-state index contributed by atoms with van der Waals surface area (Å²) in [4.78, 5) is 45.9. The van der Waals surface area contributed by atoms with Crippen LogP contribution in [0, 0.1) is 0 Å². The van der Waals surface area contributed by atoms with Crippen molar-refractivity contribution >= 4 is 29.1 Å². The van der Waals surface area contributed by atoms with Crippen molar-refractivity contribution in [1.29, 1.82) is 0 Å². The van der Waals surface area contributed by atoms with Gasteiger partial charge < -0.3 is 10.2 Å². The Bertz CT molecular complexity index is 813. The van der Waals surface area contributed by atoms with Crippen molar-refractivity contribution < 1.29 is 14.4 Å². The van der Waals surface area contributed by atoms with Crippen molar-refractivity contribution in [2.45, 2.75) is 38.6 Å². The predicted octanol–water partition coefficient (Wildman–Crippen LogP) is 1.38. The van der Waals surface area contributed by atoms with E-state index in [1.807, 2.05) is 36.1 Å². The molecule has 3 amide bonds. The predicted molar refractivity (Wildman–Crippen MR) is 120 cm³/mol. The van der Waals surface area contributed by atoms with Crippen LogP contribution in [0.3, 0.4) is 0 Å². The van der Waals surface area contributed by atoms with E-state index >= 15 is 0 Å². The maximum absolute atomic E-state index is 13.2. The molecule has 0 bridgehead atoms. The second-order valence-electron chi connectivity index (χ2n) is 8.77. The molecule has 0 saturated carbocycles. The fourth-order valence-electron chi connectivity index (χ4n) is 4.73. The normalized spacial score (nSPS) is 21.8. The number of hydrogen-bond acceptors (Lipinski definition) is 5. The molecule has 8 heteroatoms. The smallest absolute Gasteiger partial charge is 0.244 e. The summed E-state index contributed by atoms with van der Waals surface area (Å²) >= 11 is 0. The van der Waals surface area contributed by atoms with Gasteiger partial charge in [0.1, 0.15) is 6.54 Å². The maximum atomic E-state index is 13.2. The van der Waals surface area contributed by atoms with E-state index in [0.717, 1.165) is 57.8 Å². The molecule has 0 unspecified atom stereocenters. The number of piperazine rings is 1. The van der Waals surface area contributed by atoms with Gasteiger partial charge in [0.15, 0.2) is 0 Å². The number of rotatable bonds is 4. The molecule has 4 rings (SSSR count). The van der Waals surface area contributed by atoms with Crippen LogP contribution in [0.2, 0.25) is 0 Å². The lowest BCUT2D eigenvalue weighted by molar-refractivity contribution is -0.133. The highest BCUT2D eigenvalue weighted by Crippen LogP contribution is 2.29. The fourth-order valence-corrected chi connectivity index (χ4v) is 4.73. The van der Waals surface area contributed by atoms with E-state index in [1.165, 1.54) is 12.8 Å². The van der Waals surface area contributed by atoms with Crippen molar-refractivity contribution in [2.24, 2.45) is 0 Å². The first-order valence-electron chi connectivity index (χ1n) is 11.5. The zero-order chi connectivity index (χ0) is 21.8. The quantitative estimate of drug-likeness (QED) is 0.786. The van der Waals surface area contributed by atoms with Gasteiger partial charge in [0.25, 0.3) is 0 Å². The summed E-state index contributed by atoms with van der Waals surface area (Å²) < 4.78 is 0. The second kappa shape index (κ2) is 9.78. The molecular weight excluding hydrogens is 394 g/mol. The Balaban J connectivity index is 1.31. The molecule has 0 aliphatic carbocycles. The SMILES string of the molecule is C[C@H](C(=O)N1CC(=O)Nc2ccccc21)N1CCN(CC(=O)N2CCCCCC2)CC1. The van der Waals surface area contributed by atoms with Gasteiger partial charge in [-0.25, -0.2) is 0 Å². The summed E-state index contributed by atoms with van der Waals surface area (Å²) in [6.45, 7) is 7.21. The molecule has 1 aromatic carbocycles. The molecule has 1 aromatic rings. The molecule has 8 nitrogen and oxygen atoms in total. The first kappa shape index (κ1) is 21.8. The number of anilines is 2.